The van der Waals surface area contributed by atoms with Crippen molar-refractivity contribution in [3.05, 3.63) is 5.53 Å². The van der Waals surface area contributed by atoms with Crippen LogP contribution >= 0.6 is 0 Å². The Morgan fingerprint density at radius 1 is 1.25 bits per heavy atom. The zero-order valence-electron chi connectivity index (χ0n) is 9.65. The van der Waals surface area contributed by atoms with Crippen LogP contribution in [0.1, 0.15) is 46.0 Å². The minimum atomic E-state index is -0.834. The molecular weight excluding hydrogens is 208 g/mol. The number of nitrogens with zero attached hydrogens (tertiary/aromatic N) is 2. The van der Waals surface area contributed by atoms with Gasteiger partial charge in [0, 0.05) is 6.92 Å². The third-order valence-electron chi connectivity index (χ3n) is 2.88. The summed E-state index contributed by atoms with van der Waals surface area (Å²) in [6.07, 6.45) is 4.73. The van der Waals surface area contributed by atoms with Gasteiger partial charge in [-0.2, -0.15) is 4.79 Å². The zero-order chi connectivity index (χ0) is 12.2. The fourth-order valence-corrected chi connectivity index (χ4v) is 1.93. The second kappa shape index (κ2) is 5.03. The lowest BCUT2D eigenvalue weighted by Crippen LogP contribution is -2.38. The molecule has 0 radical (unpaired) electrons. The molecule has 0 bridgehead atoms. The average Bonchev–Trinajstić information content (AvgIpc) is 2.18. The first-order chi connectivity index (χ1) is 7.48. The van der Waals surface area contributed by atoms with Gasteiger partial charge in [0.05, 0.1) is 0 Å². The SMILES string of the molecule is CC(=O)C(=[N+]=[N-])C(=O)OC1(C)CCCCC1. The second-order valence-electron chi connectivity index (χ2n) is 4.40. The molecule has 1 saturated carbocycles. The van der Waals surface area contributed by atoms with Crippen LogP contribution in [-0.2, 0) is 14.3 Å². The summed E-state index contributed by atoms with van der Waals surface area (Å²) >= 11 is 0. The summed E-state index contributed by atoms with van der Waals surface area (Å²) in [5, 5.41) is 0. The first-order valence-electron chi connectivity index (χ1n) is 5.45. The molecule has 5 nitrogen and oxygen atoms in total. The Morgan fingerprint density at radius 3 is 2.25 bits per heavy atom. The molecule has 0 aromatic heterocycles. The predicted octanol–water partition coefficient (Wildman–Crippen LogP) is 1.51. The number of hydrogen-bond donors (Lipinski definition) is 0. The van der Waals surface area contributed by atoms with E-state index in [0.717, 1.165) is 32.1 Å². The molecule has 0 heterocycles. The molecule has 5 heteroatoms. The first-order valence-corrected chi connectivity index (χ1v) is 5.45. The van der Waals surface area contributed by atoms with Gasteiger partial charge in [0.1, 0.15) is 5.60 Å². The predicted molar refractivity (Wildman–Crippen MR) is 56.9 cm³/mol. The molecule has 16 heavy (non-hydrogen) atoms. The number of carbonyl (C=O) groups is 2. The van der Waals surface area contributed by atoms with Gasteiger partial charge in [-0.05, 0) is 32.6 Å². The van der Waals surface area contributed by atoms with E-state index in [-0.39, 0.29) is 0 Å². The van der Waals surface area contributed by atoms with Crippen LogP contribution in [0.25, 0.3) is 5.53 Å². The first kappa shape index (κ1) is 12.6. The maximum Gasteiger partial charge on any atom is 0.441 e. The number of hydrogen-bond acceptors (Lipinski definition) is 3. The molecule has 88 valence electrons. The molecule has 0 spiro atoms. The highest BCUT2D eigenvalue weighted by Gasteiger charge is 2.36. The van der Waals surface area contributed by atoms with Gasteiger partial charge in [-0.25, -0.2) is 4.79 Å². The summed E-state index contributed by atoms with van der Waals surface area (Å²) < 4.78 is 5.24. The van der Waals surface area contributed by atoms with Crippen molar-refractivity contribution in [3.63, 3.8) is 0 Å². The van der Waals surface area contributed by atoms with Gasteiger partial charge in [0.25, 0.3) is 0 Å². The van der Waals surface area contributed by atoms with Crippen molar-refractivity contribution >= 4 is 17.5 Å². The molecule has 0 unspecified atom stereocenters. The molecule has 1 aliphatic rings. The largest absolute Gasteiger partial charge is 0.450 e. The fraction of sp³-hybridized carbons (Fsp3) is 0.727. The highest BCUT2D eigenvalue weighted by atomic mass is 16.6. The molecular formula is C11H16N2O3. The minimum Gasteiger partial charge on any atom is -0.450 e. The molecule has 0 aromatic rings. The lowest BCUT2D eigenvalue weighted by Gasteiger charge is -2.32. The van der Waals surface area contributed by atoms with Gasteiger partial charge in [-0.15, -0.1) is 0 Å². The van der Waals surface area contributed by atoms with E-state index in [2.05, 4.69) is 4.79 Å². The summed E-state index contributed by atoms with van der Waals surface area (Å²) in [6, 6.07) is 0. The summed E-state index contributed by atoms with van der Waals surface area (Å²) in [6.45, 7) is 3.01. The topological polar surface area (TPSA) is 79.8 Å². The Kier molecular flexibility index (Phi) is 3.96. The van der Waals surface area contributed by atoms with Crippen molar-refractivity contribution in [2.45, 2.75) is 51.6 Å². The number of ether oxygens (including phenoxy) is 1. The zero-order valence-corrected chi connectivity index (χ0v) is 9.65. The van der Waals surface area contributed by atoms with Crippen molar-refractivity contribution in [2.24, 2.45) is 0 Å². The molecule has 1 fully saturated rings. The standard InChI is InChI=1S/C11H16N2O3/c1-8(14)9(13-12)10(15)16-11(2)6-4-3-5-7-11/h3-7H2,1-2H3. The molecule has 0 atom stereocenters. The molecule has 0 aromatic carbocycles. The van der Waals surface area contributed by atoms with Crippen molar-refractivity contribution in [2.75, 3.05) is 0 Å². The van der Waals surface area contributed by atoms with E-state index in [1.54, 1.807) is 0 Å². The van der Waals surface area contributed by atoms with Crippen LogP contribution in [0.15, 0.2) is 0 Å². The number of ketones is 1. The smallest absolute Gasteiger partial charge is 0.441 e. The van der Waals surface area contributed by atoms with Crippen molar-refractivity contribution in [1.29, 1.82) is 0 Å². The summed E-state index contributed by atoms with van der Waals surface area (Å²) in [7, 11) is 0. The van der Waals surface area contributed by atoms with E-state index in [0.29, 0.717) is 0 Å². The number of rotatable bonds is 3. The quantitative estimate of drug-likeness (QED) is 0.239. The molecule has 1 rings (SSSR count). The maximum absolute atomic E-state index is 11.6. The lowest BCUT2D eigenvalue weighted by molar-refractivity contribution is -0.157. The molecule has 1 aliphatic carbocycles. The Bertz CT molecular complexity index is 350. The van der Waals surface area contributed by atoms with Gasteiger partial charge in [-0.3, -0.25) is 4.79 Å². The molecule has 0 saturated heterocycles. The monoisotopic (exact) mass is 224 g/mol. The van der Waals surface area contributed by atoms with Gasteiger partial charge >= 0.3 is 11.7 Å². The van der Waals surface area contributed by atoms with Gasteiger partial charge in [0.15, 0.2) is 0 Å². The fourth-order valence-electron chi connectivity index (χ4n) is 1.93. The van der Waals surface area contributed by atoms with Crippen LogP contribution in [-0.4, -0.2) is 27.9 Å². The molecule has 0 aliphatic heterocycles. The minimum absolute atomic E-state index is 0.527. The Morgan fingerprint density at radius 2 is 1.81 bits per heavy atom. The number of carbonyl (C=O) groups excluding carboxylic acids is 2. The van der Waals surface area contributed by atoms with E-state index in [9.17, 15) is 9.59 Å². The van der Waals surface area contributed by atoms with E-state index < -0.39 is 23.1 Å². The molecule has 0 amide bonds. The van der Waals surface area contributed by atoms with Crippen LogP contribution in [0.5, 0.6) is 0 Å². The maximum atomic E-state index is 11.6. The van der Waals surface area contributed by atoms with Crippen molar-refractivity contribution in [1.82, 2.24) is 0 Å². The van der Waals surface area contributed by atoms with Crippen LogP contribution in [0.3, 0.4) is 0 Å². The Balaban J connectivity index is 2.69. The number of Topliss-reactive ketones (excluding diaryl/α,β-unsaturated/α-hetero) is 1. The van der Waals surface area contributed by atoms with Crippen molar-refractivity contribution < 1.29 is 19.1 Å². The highest BCUT2D eigenvalue weighted by molar-refractivity contribution is 6.61. The summed E-state index contributed by atoms with van der Waals surface area (Å²) in [4.78, 5) is 25.2. The van der Waals surface area contributed by atoms with Gasteiger partial charge in [-0.1, -0.05) is 6.42 Å². The van der Waals surface area contributed by atoms with E-state index >= 15 is 0 Å². The summed E-state index contributed by atoms with van der Waals surface area (Å²) in [5.41, 5.74) is 7.48. The van der Waals surface area contributed by atoms with Crippen LogP contribution in [0.2, 0.25) is 0 Å². The Hall–Kier alpha value is -1.48. The normalized spacial score (nSPS) is 18.4. The third-order valence-corrected chi connectivity index (χ3v) is 2.88. The highest BCUT2D eigenvalue weighted by Crippen LogP contribution is 2.31. The lowest BCUT2D eigenvalue weighted by atomic mass is 9.86. The van der Waals surface area contributed by atoms with E-state index in [4.69, 9.17) is 10.3 Å². The van der Waals surface area contributed by atoms with Crippen LogP contribution < -0.4 is 0 Å². The molecule has 0 N–H and O–H groups in total. The Labute approximate surface area is 94.4 Å². The second-order valence-corrected chi connectivity index (χ2v) is 4.40. The third kappa shape index (κ3) is 3.00. The van der Waals surface area contributed by atoms with Crippen LogP contribution in [0, 0.1) is 0 Å². The van der Waals surface area contributed by atoms with E-state index in [1.165, 1.54) is 6.92 Å². The van der Waals surface area contributed by atoms with Crippen molar-refractivity contribution in [3.8, 4) is 0 Å². The summed E-state index contributed by atoms with van der Waals surface area (Å²) in [5.74, 6) is -1.42. The average molecular weight is 224 g/mol. The van der Waals surface area contributed by atoms with Gasteiger partial charge in [0.2, 0.25) is 5.78 Å². The van der Waals surface area contributed by atoms with Gasteiger partial charge < -0.3 is 10.3 Å². The van der Waals surface area contributed by atoms with Crippen LogP contribution in [0.4, 0.5) is 0 Å². The number of esters is 1. The van der Waals surface area contributed by atoms with E-state index in [1.807, 2.05) is 6.92 Å².